The number of aromatic nitrogens is 1. The zero-order chi connectivity index (χ0) is 13.1. The second-order valence-electron chi connectivity index (χ2n) is 4.00. The minimum Gasteiger partial charge on any atom is -0.372 e. The largest absolute Gasteiger partial charge is 0.372 e. The average Bonchev–Trinajstić information content (AvgIpc) is 2.54. The minimum atomic E-state index is -0.0219. The maximum Gasteiger partial charge on any atom is 0.239 e. The number of hydrogen-bond acceptors (Lipinski definition) is 4. The number of nitrogens with one attached hydrogen (secondary N) is 2. The number of halogens is 2. The van der Waals surface area contributed by atoms with Crippen molar-refractivity contribution in [3.63, 3.8) is 0 Å². The predicted molar refractivity (Wildman–Crippen MR) is 73.6 cm³/mol. The number of amides is 1. The number of anilines is 2. The van der Waals surface area contributed by atoms with Gasteiger partial charge in [-0.05, 0) is 12.5 Å². The molecule has 2 heterocycles. The summed E-state index contributed by atoms with van der Waals surface area (Å²) in [6, 6.07) is 1.64. The van der Waals surface area contributed by atoms with Crippen LogP contribution in [-0.2, 0) is 4.79 Å². The quantitative estimate of drug-likeness (QED) is 0.871. The summed E-state index contributed by atoms with van der Waals surface area (Å²) < 4.78 is 0. The third-order valence-corrected chi connectivity index (χ3v) is 3.28. The molecule has 7 heteroatoms. The highest BCUT2D eigenvalue weighted by Crippen LogP contribution is 2.31. The third kappa shape index (κ3) is 2.79. The van der Waals surface area contributed by atoms with E-state index < -0.39 is 0 Å². The molecular weight excluding hydrogens is 275 g/mol. The number of rotatable bonds is 2. The predicted octanol–water partition coefficient (Wildman–Crippen LogP) is 1.76. The van der Waals surface area contributed by atoms with E-state index in [9.17, 15) is 4.79 Å². The molecule has 1 fully saturated rings. The van der Waals surface area contributed by atoms with Crippen molar-refractivity contribution in [1.29, 1.82) is 0 Å². The van der Waals surface area contributed by atoms with Gasteiger partial charge in [-0.25, -0.2) is 4.98 Å². The molecule has 0 spiro atoms. The van der Waals surface area contributed by atoms with Crippen molar-refractivity contribution in [2.45, 2.75) is 6.42 Å². The zero-order valence-corrected chi connectivity index (χ0v) is 11.5. The van der Waals surface area contributed by atoms with Crippen LogP contribution in [0.4, 0.5) is 11.6 Å². The Morgan fingerprint density at radius 3 is 2.94 bits per heavy atom. The van der Waals surface area contributed by atoms with Crippen molar-refractivity contribution in [3.05, 3.63) is 16.1 Å². The van der Waals surface area contributed by atoms with Gasteiger partial charge in [-0.15, -0.1) is 0 Å². The van der Waals surface area contributed by atoms with E-state index >= 15 is 0 Å². The maximum absolute atomic E-state index is 11.5. The van der Waals surface area contributed by atoms with Gasteiger partial charge in [-0.3, -0.25) is 4.79 Å². The van der Waals surface area contributed by atoms with Crippen LogP contribution in [0.2, 0.25) is 10.0 Å². The molecule has 0 atom stereocenters. The smallest absolute Gasteiger partial charge is 0.239 e. The van der Waals surface area contributed by atoms with Crippen LogP contribution in [0, 0.1) is 0 Å². The lowest BCUT2D eigenvalue weighted by Crippen LogP contribution is -2.33. The molecule has 98 valence electrons. The molecule has 0 bridgehead atoms. The average molecular weight is 289 g/mol. The number of pyridine rings is 1. The fourth-order valence-corrected chi connectivity index (χ4v) is 2.41. The molecule has 1 saturated heterocycles. The van der Waals surface area contributed by atoms with Gasteiger partial charge in [-0.1, -0.05) is 23.2 Å². The molecule has 0 unspecified atom stereocenters. The molecule has 1 amide bonds. The first-order valence-electron chi connectivity index (χ1n) is 5.67. The first kappa shape index (κ1) is 13.2. The molecular formula is C11H14Cl2N4O. The third-order valence-electron chi connectivity index (χ3n) is 2.71. The summed E-state index contributed by atoms with van der Waals surface area (Å²) in [5.41, 5.74) is 0. The SMILES string of the molecule is CNc1nc(N2CCCNC(=O)C2)c(Cl)cc1Cl. The van der Waals surface area contributed by atoms with Crippen LogP contribution in [0.1, 0.15) is 6.42 Å². The zero-order valence-electron chi connectivity index (χ0n) is 9.96. The van der Waals surface area contributed by atoms with Crippen molar-refractivity contribution in [1.82, 2.24) is 10.3 Å². The van der Waals surface area contributed by atoms with E-state index in [0.717, 1.165) is 13.0 Å². The summed E-state index contributed by atoms with van der Waals surface area (Å²) in [6.45, 7) is 1.67. The lowest BCUT2D eigenvalue weighted by molar-refractivity contribution is -0.119. The van der Waals surface area contributed by atoms with Crippen molar-refractivity contribution in [2.24, 2.45) is 0 Å². The second kappa shape index (κ2) is 5.63. The fourth-order valence-electron chi connectivity index (χ4n) is 1.84. The van der Waals surface area contributed by atoms with Crippen molar-refractivity contribution in [3.8, 4) is 0 Å². The van der Waals surface area contributed by atoms with E-state index in [2.05, 4.69) is 15.6 Å². The monoisotopic (exact) mass is 288 g/mol. The Morgan fingerprint density at radius 1 is 1.44 bits per heavy atom. The van der Waals surface area contributed by atoms with E-state index in [0.29, 0.717) is 28.2 Å². The van der Waals surface area contributed by atoms with Gasteiger partial charge in [0.25, 0.3) is 0 Å². The Morgan fingerprint density at radius 2 is 2.22 bits per heavy atom. The Bertz CT molecular complexity index is 467. The topological polar surface area (TPSA) is 57.3 Å². The highest BCUT2D eigenvalue weighted by molar-refractivity contribution is 6.37. The van der Waals surface area contributed by atoms with Gasteiger partial charge in [0.2, 0.25) is 5.91 Å². The number of hydrogen-bond donors (Lipinski definition) is 2. The molecule has 1 aliphatic rings. The highest BCUT2D eigenvalue weighted by atomic mass is 35.5. The summed E-state index contributed by atoms with van der Waals surface area (Å²) in [5, 5.41) is 6.63. The molecule has 2 rings (SSSR count). The van der Waals surface area contributed by atoms with Crippen LogP contribution < -0.4 is 15.5 Å². The first-order chi connectivity index (χ1) is 8.61. The van der Waals surface area contributed by atoms with Crippen LogP contribution in [0.15, 0.2) is 6.07 Å². The van der Waals surface area contributed by atoms with Gasteiger partial charge in [0.1, 0.15) is 11.6 Å². The number of carbonyl (C=O) groups excluding carboxylic acids is 1. The molecule has 5 nitrogen and oxygen atoms in total. The molecule has 1 aliphatic heterocycles. The number of nitrogens with zero attached hydrogens (tertiary/aromatic N) is 2. The fraction of sp³-hybridized carbons (Fsp3) is 0.455. The van der Waals surface area contributed by atoms with Gasteiger partial charge < -0.3 is 15.5 Å². The van der Waals surface area contributed by atoms with Crippen LogP contribution in [0.3, 0.4) is 0 Å². The first-order valence-corrected chi connectivity index (χ1v) is 6.43. The van der Waals surface area contributed by atoms with Crippen molar-refractivity contribution in [2.75, 3.05) is 36.9 Å². The second-order valence-corrected chi connectivity index (χ2v) is 4.81. The Hall–Kier alpha value is -1.20. The van der Waals surface area contributed by atoms with E-state index in [1.807, 2.05) is 4.90 Å². The van der Waals surface area contributed by atoms with Gasteiger partial charge >= 0.3 is 0 Å². The van der Waals surface area contributed by atoms with Crippen LogP contribution in [0.25, 0.3) is 0 Å². The molecule has 18 heavy (non-hydrogen) atoms. The summed E-state index contributed by atoms with van der Waals surface area (Å²) in [4.78, 5) is 17.8. The molecule has 0 saturated carbocycles. The van der Waals surface area contributed by atoms with Crippen molar-refractivity contribution < 1.29 is 4.79 Å². The lowest BCUT2D eigenvalue weighted by atomic mass is 10.3. The summed E-state index contributed by atoms with van der Waals surface area (Å²) >= 11 is 12.1. The van der Waals surface area contributed by atoms with Crippen LogP contribution in [-0.4, -0.2) is 37.6 Å². The molecule has 1 aromatic rings. The molecule has 1 aromatic heterocycles. The van der Waals surface area contributed by atoms with Gasteiger partial charge in [-0.2, -0.15) is 0 Å². The standard InChI is InChI=1S/C11H14Cl2N4O/c1-14-10-7(12)5-8(13)11(16-10)17-4-2-3-15-9(18)6-17/h5H,2-4,6H2,1H3,(H,14,16)(H,15,18). The maximum atomic E-state index is 11.5. The van der Waals surface area contributed by atoms with E-state index in [-0.39, 0.29) is 12.5 Å². The highest BCUT2D eigenvalue weighted by Gasteiger charge is 2.19. The van der Waals surface area contributed by atoms with E-state index in [4.69, 9.17) is 23.2 Å². The normalized spacial score (nSPS) is 16.2. The van der Waals surface area contributed by atoms with E-state index in [1.165, 1.54) is 0 Å². The lowest BCUT2D eigenvalue weighted by Gasteiger charge is -2.22. The van der Waals surface area contributed by atoms with Crippen LogP contribution >= 0.6 is 23.2 Å². The molecule has 0 aliphatic carbocycles. The van der Waals surface area contributed by atoms with Crippen LogP contribution in [0.5, 0.6) is 0 Å². The Kier molecular flexibility index (Phi) is 4.14. The Labute approximate surface area is 115 Å². The summed E-state index contributed by atoms with van der Waals surface area (Å²) in [5.74, 6) is 1.12. The Balaban J connectivity index is 2.33. The molecule has 2 N–H and O–H groups in total. The van der Waals surface area contributed by atoms with Crippen molar-refractivity contribution >= 4 is 40.7 Å². The number of carbonyl (C=O) groups is 1. The molecule has 0 aromatic carbocycles. The minimum absolute atomic E-state index is 0.0219. The van der Waals surface area contributed by atoms with Gasteiger partial charge in [0.15, 0.2) is 0 Å². The van der Waals surface area contributed by atoms with E-state index in [1.54, 1.807) is 13.1 Å². The van der Waals surface area contributed by atoms with Gasteiger partial charge in [0.05, 0.1) is 16.6 Å². The summed E-state index contributed by atoms with van der Waals surface area (Å²) in [6.07, 6.45) is 0.862. The van der Waals surface area contributed by atoms with Gasteiger partial charge in [0, 0.05) is 20.1 Å². The summed E-state index contributed by atoms with van der Waals surface area (Å²) in [7, 11) is 1.74. The molecule has 0 radical (unpaired) electrons.